The minimum absolute atomic E-state index is 0.319. The van der Waals surface area contributed by atoms with Gasteiger partial charge in [0.05, 0.1) is 17.1 Å². The Balaban J connectivity index is 2.33. The van der Waals surface area contributed by atoms with Gasteiger partial charge in [-0.25, -0.2) is 4.98 Å². The highest BCUT2D eigenvalue weighted by Gasteiger charge is 2.21. The quantitative estimate of drug-likeness (QED) is 0.718. The van der Waals surface area contributed by atoms with Gasteiger partial charge in [-0.1, -0.05) is 11.6 Å². The summed E-state index contributed by atoms with van der Waals surface area (Å²) in [5, 5.41) is 0.406. The van der Waals surface area contributed by atoms with Crippen LogP contribution in [0.1, 0.15) is 24.5 Å². The van der Waals surface area contributed by atoms with Gasteiger partial charge in [0.15, 0.2) is 0 Å². The van der Waals surface area contributed by atoms with Crippen LogP contribution in [0.15, 0.2) is 6.07 Å². The van der Waals surface area contributed by atoms with Gasteiger partial charge >= 0.3 is 0 Å². The molecule has 4 N–H and O–H groups in total. The number of anilines is 2. The van der Waals surface area contributed by atoms with E-state index in [9.17, 15) is 0 Å². The smallest absolute Gasteiger partial charge is 0.131 e. The van der Waals surface area contributed by atoms with E-state index in [1.165, 1.54) is 0 Å². The van der Waals surface area contributed by atoms with Crippen LogP contribution in [0.5, 0.6) is 0 Å². The van der Waals surface area contributed by atoms with Crippen LogP contribution >= 0.6 is 11.6 Å². The molecule has 0 amide bonds. The molecule has 0 aromatic carbocycles. The molecule has 4 nitrogen and oxygen atoms in total. The Morgan fingerprint density at radius 1 is 1.33 bits per heavy atom. The highest BCUT2D eigenvalue weighted by atomic mass is 35.5. The number of hydrogen-bond acceptors (Lipinski definition) is 4. The Hall–Kier alpha value is -1.00. The Labute approximate surface area is 93.6 Å². The molecular formula is C10H14ClN3O. The van der Waals surface area contributed by atoms with Crippen LogP contribution in [-0.4, -0.2) is 18.2 Å². The first-order valence-electron chi connectivity index (χ1n) is 4.97. The van der Waals surface area contributed by atoms with Crippen LogP contribution in [0, 0.1) is 0 Å². The summed E-state index contributed by atoms with van der Waals surface area (Å²) < 4.78 is 5.29. The normalized spacial score (nSPS) is 17.9. The predicted octanol–water partition coefficient (Wildman–Crippen LogP) is 1.79. The van der Waals surface area contributed by atoms with Crippen molar-refractivity contribution in [1.29, 1.82) is 0 Å². The van der Waals surface area contributed by atoms with Gasteiger partial charge in [-0.2, -0.15) is 0 Å². The zero-order valence-corrected chi connectivity index (χ0v) is 9.13. The minimum atomic E-state index is 0.319. The van der Waals surface area contributed by atoms with Gasteiger partial charge in [-0.3, -0.25) is 0 Å². The van der Waals surface area contributed by atoms with Crippen molar-refractivity contribution in [2.45, 2.75) is 18.8 Å². The molecule has 0 radical (unpaired) electrons. The van der Waals surface area contributed by atoms with Gasteiger partial charge in [0.1, 0.15) is 5.15 Å². The molecular weight excluding hydrogens is 214 g/mol. The van der Waals surface area contributed by atoms with Crippen molar-refractivity contribution in [3.8, 4) is 0 Å². The standard InChI is InChI=1S/C10H14ClN3O/c11-8-5-7(12)9(13)10(14-8)6-1-3-15-4-2-6/h5-6H,1-4,13H2,(H2,12,14). The monoisotopic (exact) mass is 227 g/mol. The summed E-state index contributed by atoms with van der Waals surface area (Å²) in [6, 6.07) is 1.58. The van der Waals surface area contributed by atoms with E-state index in [4.69, 9.17) is 27.8 Å². The van der Waals surface area contributed by atoms with Gasteiger partial charge in [0.2, 0.25) is 0 Å². The molecule has 15 heavy (non-hydrogen) atoms. The molecule has 1 aliphatic rings. The molecule has 2 heterocycles. The first kappa shape index (κ1) is 10.5. The minimum Gasteiger partial charge on any atom is -0.397 e. The van der Waals surface area contributed by atoms with Gasteiger partial charge in [-0.15, -0.1) is 0 Å². The molecule has 1 fully saturated rings. The second-order valence-electron chi connectivity index (χ2n) is 3.72. The van der Waals surface area contributed by atoms with Crippen LogP contribution in [0.25, 0.3) is 0 Å². The van der Waals surface area contributed by atoms with Crippen molar-refractivity contribution in [1.82, 2.24) is 4.98 Å². The van der Waals surface area contributed by atoms with E-state index in [0.717, 1.165) is 31.7 Å². The van der Waals surface area contributed by atoms with Crippen LogP contribution < -0.4 is 11.5 Å². The highest BCUT2D eigenvalue weighted by Crippen LogP contribution is 2.33. The third kappa shape index (κ3) is 2.16. The summed E-state index contributed by atoms with van der Waals surface area (Å²) >= 11 is 5.86. The van der Waals surface area contributed by atoms with E-state index in [2.05, 4.69) is 4.98 Å². The molecule has 1 aliphatic heterocycles. The fourth-order valence-corrected chi connectivity index (χ4v) is 2.05. The number of halogens is 1. The zero-order valence-electron chi connectivity index (χ0n) is 8.37. The average Bonchev–Trinajstić information content (AvgIpc) is 2.24. The van der Waals surface area contributed by atoms with Crippen LogP contribution in [0.3, 0.4) is 0 Å². The van der Waals surface area contributed by atoms with E-state index in [-0.39, 0.29) is 0 Å². The number of nitrogen functional groups attached to an aromatic ring is 2. The lowest BCUT2D eigenvalue weighted by Crippen LogP contribution is -2.17. The van der Waals surface area contributed by atoms with Crippen molar-refractivity contribution in [3.05, 3.63) is 16.9 Å². The number of ether oxygens (including phenoxy) is 1. The third-order valence-corrected chi connectivity index (χ3v) is 2.89. The molecule has 0 unspecified atom stereocenters. The molecule has 1 saturated heterocycles. The molecule has 2 rings (SSSR count). The Morgan fingerprint density at radius 3 is 2.67 bits per heavy atom. The summed E-state index contributed by atoms with van der Waals surface area (Å²) in [7, 11) is 0. The SMILES string of the molecule is Nc1cc(Cl)nc(C2CCOCC2)c1N. The largest absolute Gasteiger partial charge is 0.397 e. The summed E-state index contributed by atoms with van der Waals surface area (Å²) in [5.41, 5.74) is 13.5. The third-order valence-electron chi connectivity index (χ3n) is 2.70. The molecule has 0 saturated carbocycles. The van der Waals surface area contributed by atoms with E-state index in [0.29, 0.717) is 22.4 Å². The molecule has 0 spiro atoms. The first-order chi connectivity index (χ1) is 7.18. The van der Waals surface area contributed by atoms with Crippen LogP contribution in [0.2, 0.25) is 5.15 Å². The van der Waals surface area contributed by atoms with Crippen molar-refractivity contribution < 1.29 is 4.74 Å². The van der Waals surface area contributed by atoms with Crippen molar-refractivity contribution in [2.75, 3.05) is 24.7 Å². The number of nitrogens with zero attached hydrogens (tertiary/aromatic N) is 1. The molecule has 82 valence electrons. The number of nitrogens with two attached hydrogens (primary N) is 2. The van der Waals surface area contributed by atoms with Crippen molar-refractivity contribution >= 4 is 23.0 Å². The number of hydrogen-bond donors (Lipinski definition) is 2. The lowest BCUT2D eigenvalue weighted by molar-refractivity contribution is 0.0847. The molecule has 0 aliphatic carbocycles. The van der Waals surface area contributed by atoms with Crippen molar-refractivity contribution in [2.24, 2.45) is 0 Å². The van der Waals surface area contributed by atoms with E-state index < -0.39 is 0 Å². The molecule has 0 bridgehead atoms. The summed E-state index contributed by atoms with van der Waals surface area (Å²) in [6.45, 7) is 1.50. The zero-order chi connectivity index (χ0) is 10.8. The van der Waals surface area contributed by atoms with Gasteiger partial charge in [0, 0.05) is 25.2 Å². The van der Waals surface area contributed by atoms with Gasteiger partial charge in [-0.05, 0) is 12.8 Å². The Kier molecular flexibility index (Phi) is 2.98. The van der Waals surface area contributed by atoms with Crippen LogP contribution in [0.4, 0.5) is 11.4 Å². The maximum absolute atomic E-state index is 5.90. The van der Waals surface area contributed by atoms with E-state index in [1.807, 2.05) is 0 Å². The maximum Gasteiger partial charge on any atom is 0.131 e. The molecule has 1 aromatic heterocycles. The van der Waals surface area contributed by atoms with Gasteiger partial charge in [0.25, 0.3) is 0 Å². The van der Waals surface area contributed by atoms with Gasteiger partial charge < -0.3 is 16.2 Å². The summed E-state index contributed by atoms with van der Waals surface area (Å²) in [6.07, 6.45) is 1.86. The number of rotatable bonds is 1. The number of pyridine rings is 1. The predicted molar refractivity (Wildman–Crippen MR) is 60.9 cm³/mol. The topological polar surface area (TPSA) is 74.2 Å². The highest BCUT2D eigenvalue weighted by molar-refractivity contribution is 6.29. The van der Waals surface area contributed by atoms with E-state index in [1.54, 1.807) is 6.07 Å². The number of aromatic nitrogens is 1. The maximum atomic E-state index is 5.90. The average molecular weight is 228 g/mol. The fraction of sp³-hybridized carbons (Fsp3) is 0.500. The second kappa shape index (κ2) is 4.24. The lowest BCUT2D eigenvalue weighted by atomic mass is 9.94. The molecule has 0 atom stereocenters. The first-order valence-corrected chi connectivity index (χ1v) is 5.35. The fourth-order valence-electron chi connectivity index (χ4n) is 1.84. The molecule has 1 aromatic rings. The Morgan fingerprint density at radius 2 is 2.00 bits per heavy atom. The van der Waals surface area contributed by atoms with Crippen molar-refractivity contribution in [3.63, 3.8) is 0 Å². The second-order valence-corrected chi connectivity index (χ2v) is 4.11. The van der Waals surface area contributed by atoms with E-state index >= 15 is 0 Å². The van der Waals surface area contributed by atoms with Crippen LogP contribution in [-0.2, 0) is 4.74 Å². The summed E-state index contributed by atoms with van der Waals surface area (Å²) in [5.74, 6) is 0.319. The summed E-state index contributed by atoms with van der Waals surface area (Å²) in [4.78, 5) is 4.26. The Bertz CT molecular complexity index is 364. The molecule has 5 heteroatoms. The lowest BCUT2D eigenvalue weighted by Gasteiger charge is -2.23.